The van der Waals surface area contributed by atoms with E-state index in [4.69, 9.17) is 9.47 Å². The van der Waals surface area contributed by atoms with Gasteiger partial charge < -0.3 is 25.2 Å². The number of carboxylic acid groups (broad SMARTS) is 1. The maximum absolute atomic E-state index is 12.8. The van der Waals surface area contributed by atoms with Crippen molar-refractivity contribution in [3.63, 3.8) is 0 Å². The summed E-state index contributed by atoms with van der Waals surface area (Å²) in [4.78, 5) is 36.9. The molecule has 33 heavy (non-hydrogen) atoms. The Kier molecular flexibility index (Phi) is 7.71. The summed E-state index contributed by atoms with van der Waals surface area (Å²) in [6, 6.07) is 14.9. The van der Waals surface area contributed by atoms with Crippen molar-refractivity contribution in [1.82, 2.24) is 10.6 Å². The third kappa shape index (κ3) is 5.34. The van der Waals surface area contributed by atoms with Gasteiger partial charge in [-0.15, -0.1) is 0 Å². The van der Waals surface area contributed by atoms with Crippen LogP contribution in [-0.2, 0) is 19.1 Å². The highest BCUT2D eigenvalue weighted by Gasteiger charge is 2.38. The number of methoxy groups -OCH3 is 1. The topological polar surface area (TPSA) is 114 Å². The molecule has 3 rings (SSSR count). The average molecular weight is 455 g/mol. The molecule has 1 aliphatic rings. The minimum absolute atomic E-state index is 0.0954. The summed E-state index contributed by atoms with van der Waals surface area (Å²) in [5.74, 6) is -1.91. The maximum Gasteiger partial charge on any atom is 0.408 e. The van der Waals surface area contributed by atoms with Gasteiger partial charge in [-0.05, 0) is 35.6 Å². The molecular formula is C25H30N2O6. The highest BCUT2D eigenvalue weighted by molar-refractivity contribution is 5.92. The fourth-order valence-electron chi connectivity index (χ4n) is 4.17. The molecule has 0 aliphatic heterocycles. The molecule has 1 unspecified atom stereocenters. The zero-order chi connectivity index (χ0) is 24.0. The summed E-state index contributed by atoms with van der Waals surface area (Å²) < 4.78 is 10.7. The second kappa shape index (κ2) is 10.5. The number of hydrogen-bond donors (Lipinski definition) is 3. The Morgan fingerprint density at radius 2 is 1.64 bits per heavy atom. The van der Waals surface area contributed by atoms with Crippen LogP contribution >= 0.6 is 0 Å². The van der Waals surface area contributed by atoms with E-state index >= 15 is 0 Å². The Labute approximate surface area is 193 Å². The van der Waals surface area contributed by atoms with E-state index in [0.717, 1.165) is 22.3 Å². The number of benzene rings is 2. The smallest absolute Gasteiger partial charge is 0.408 e. The highest BCUT2D eigenvalue weighted by Crippen LogP contribution is 2.44. The summed E-state index contributed by atoms with van der Waals surface area (Å²) in [6.07, 6.45) is 0.0709. The lowest BCUT2D eigenvalue weighted by atomic mass is 9.98. The third-order valence-corrected chi connectivity index (χ3v) is 5.84. The lowest BCUT2D eigenvalue weighted by molar-refractivity contribution is -0.143. The highest BCUT2D eigenvalue weighted by atomic mass is 16.5. The number of nitrogens with one attached hydrogen (secondary N) is 2. The van der Waals surface area contributed by atoms with Crippen LogP contribution in [0.5, 0.6) is 0 Å². The van der Waals surface area contributed by atoms with Gasteiger partial charge in [-0.1, -0.05) is 61.9 Å². The minimum atomic E-state index is -1.50. The van der Waals surface area contributed by atoms with E-state index in [9.17, 15) is 19.5 Å². The number of carbonyl (C=O) groups excluding carboxylic acids is 2. The van der Waals surface area contributed by atoms with Crippen molar-refractivity contribution in [2.24, 2.45) is 0 Å². The summed E-state index contributed by atoms with van der Waals surface area (Å²) >= 11 is 0. The first-order valence-corrected chi connectivity index (χ1v) is 11.0. The van der Waals surface area contributed by atoms with Gasteiger partial charge in [0.1, 0.15) is 18.2 Å². The quantitative estimate of drug-likeness (QED) is 0.508. The molecule has 8 heteroatoms. The molecule has 176 valence electrons. The third-order valence-electron chi connectivity index (χ3n) is 5.84. The molecule has 2 aromatic rings. The van der Waals surface area contributed by atoms with Crippen molar-refractivity contribution in [2.75, 3.05) is 20.3 Å². The zero-order valence-corrected chi connectivity index (χ0v) is 19.1. The molecule has 0 spiro atoms. The molecule has 2 amide bonds. The first kappa shape index (κ1) is 24.3. The lowest BCUT2D eigenvalue weighted by Crippen LogP contribution is -2.61. The monoisotopic (exact) mass is 454 g/mol. The molecule has 0 radical (unpaired) electrons. The van der Waals surface area contributed by atoms with Gasteiger partial charge in [0.25, 0.3) is 0 Å². The zero-order valence-electron chi connectivity index (χ0n) is 19.1. The number of amides is 2. The van der Waals surface area contributed by atoms with Crippen LogP contribution in [0.3, 0.4) is 0 Å². The lowest BCUT2D eigenvalue weighted by Gasteiger charge is -2.30. The van der Waals surface area contributed by atoms with E-state index in [2.05, 4.69) is 10.6 Å². The minimum Gasteiger partial charge on any atom is -0.480 e. The van der Waals surface area contributed by atoms with Crippen LogP contribution in [-0.4, -0.2) is 55.0 Å². The Morgan fingerprint density at radius 3 is 2.15 bits per heavy atom. The molecule has 0 aromatic heterocycles. The first-order chi connectivity index (χ1) is 15.8. The molecule has 0 fully saturated rings. The van der Waals surface area contributed by atoms with E-state index in [1.165, 1.54) is 14.0 Å². The fourth-order valence-corrected chi connectivity index (χ4v) is 4.17. The van der Waals surface area contributed by atoms with Gasteiger partial charge in [-0.3, -0.25) is 4.79 Å². The summed E-state index contributed by atoms with van der Waals surface area (Å²) in [6.45, 7) is 3.24. The molecule has 0 bridgehead atoms. The van der Waals surface area contributed by atoms with Crippen LogP contribution in [0.2, 0.25) is 0 Å². The first-order valence-electron chi connectivity index (χ1n) is 11.0. The number of carbonyl (C=O) groups is 3. The van der Waals surface area contributed by atoms with Gasteiger partial charge in [-0.25, -0.2) is 9.59 Å². The standard InChI is InChI=1S/C25H30N2O6/c1-4-9-21(22(28)29)26-23(30)25(2,15-32-3)27-24(31)33-14-20-18-12-7-5-10-16(18)17-11-6-8-13-19(17)20/h5-8,10-13,20-21H,4,9,14-15H2,1-3H3,(H,26,30)(H,27,31)(H,28,29)/t21-,25?/m1/s1. The predicted molar refractivity (Wildman–Crippen MR) is 123 cm³/mol. The van der Waals surface area contributed by atoms with Gasteiger partial charge in [-0.2, -0.15) is 0 Å². The van der Waals surface area contributed by atoms with Crippen LogP contribution in [0.15, 0.2) is 48.5 Å². The van der Waals surface area contributed by atoms with Crippen LogP contribution < -0.4 is 10.6 Å². The van der Waals surface area contributed by atoms with Crippen molar-refractivity contribution >= 4 is 18.0 Å². The summed E-state index contributed by atoms with van der Waals surface area (Å²) in [5, 5.41) is 14.4. The molecule has 3 N–H and O–H groups in total. The molecule has 8 nitrogen and oxygen atoms in total. The number of alkyl carbamates (subject to hydrolysis) is 1. The number of ether oxygens (including phenoxy) is 2. The summed E-state index contributed by atoms with van der Waals surface area (Å²) in [7, 11) is 1.39. The van der Waals surface area contributed by atoms with E-state index in [0.29, 0.717) is 6.42 Å². The van der Waals surface area contributed by atoms with Crippen molar-refractivity contribution in [3.05, 3.63) is 59.7 Å². The molecule has 2 aromatic carbocycles. The number of hydrogen-bond acceptors (Lipinski definition) is 5. The van der Waals surface area contributed by atoms with Gasteiger partial charge >= 0.3 is 12.1 Å². The van der Waals surface area contributed by atoms with Gasteiger partial charge in [0.15, 0.2) is 0 Å². The van der Waals surface area contributed by atoms with Crippen LogP contribution in [0.1, 0.15) is 43.7 Å². The number of carboxylic acids is 1. The van der Waals surface area contributed by atoms with Crippen molar-refractivity contribution in [1.29, 1.82) is 0 Å². The van der Waals surface area contributed by atoms with E-state index < -0.39 is 29.6 Å². The number of fused-ring (bicyclic) bond motifs is 3. The Balaban J connectivity index is 1.69. The molecule has 2 atom stereocenters. The van der Waals surface area contributed by atoms with Gasteiger partial charge in [0, 0.05) is 13.0 Å². The fraction of sp³-hybridized carbons (Fsp3) is 0.400. The Bertz CT molecular complexity index is 978. The Morgan fingerprint density at radius 1 is 1.06 bits per heavy atom. The van der Waals surface area contributed by atoms with Crippen molar-refractivity contribution < 1.29 is 29.0 Å². The molecule has 1 aliphatic carbocycles. The van der Waals surface area contributed by atoms with Crippen molar-refractivity contribution in [3.8, 4) is 11.1 Å². The van der Waals surface area contributed by atoms with Crippen molar-refractivity contribution in [2.45, 2.75) is 44.2 Å². The number of rotatable bonds is 10. The van der Waals surface area contributed by atoms with E-state index in [1.54, 1.807) is 0 Å². The second-order valence-electron chi connectivity index (χ2n) is 8.37. The average Bonchev–Trinajstić information content (AvgIpc) is 3.11. The normalized spacial score (nSPS) is 15.0. The second-order valence-corrected chi connectivity index (χ2v) is 8.37. The molecule has 0 saturated heterocycles. The van der Waals surface area contributed by atoms with E-state index in [-0.39, 0.29) is 25.6 Å². The predicted octanol–water partition coefficient (Wildman–Crippen LogP) is 3.30. The van der Waals surface area contributed by atoms with E-state index in [1.807, 2.05) is 55.5 Å². The molecular weight excluding hydrogens is 424 g/mol. The molecule has 0 saturated carbocycles. The SMILES string of the molecule is CCC[C@@H](NC(=O)C(C)(COC)NC(=O)OCC1c2ccccc2-c2ccccc21)C(=O)O. The Hall–Kier alpha value is -3.39. The van der Waals surface area contributed by atoms with Crippen LogP contribution in [0.4, 0.5) is 4.79 Å². The van der Waals surface area contributed by atoms with Crippen LogP contribution in [0, 0.1) is 0 Å². The number of aliphatic carboxylic acids is 1. The van der Waals surface area contributed by atoms with Gasteiger partial charge in [0.05, 0.1) is 6.61 Å². The largest absolute Gasteiger partial charge is 0.480 e. The summed E-state index contributed by atoms with van der Waals surface area (Å²) in [5.41, 5.74) is 2.88. The van der Waals surface area contributed by atoms with Crippen LogP contribution in [0.25, 0.3) is 11.1 Å². The van der Waals surface area contributed by atoms with Gasteiger partial charge in [0.2, 0.25) is 5.91 Å². The molecule has 0 heterocycles. The maximum atomic E-state index is 12.8.